The number of benzene rings is 7. The second kappa shape index (κ2) is 8.34. The summed E-state index contributed by atoms with van der Waals surface area (Å²) in [4.78, 5) is 0. The van der Waals surface area contributed by atoms with Crippen LogP contribution < -0.4 is 0 Å². The molecule has 43 heavy (non-hydrogen) atoms. The van der Waals surface area contributed by atoms with E-state index in [1.54, 1.807) is 0 Å². The average molecular weight is 611 g/mol. The molecule has 200 valence electrons. The first-order chi connectivity index (χ1) is 21.3. The third-order valence-corrected chi connectivity index (χ3v) is 10.5. The number of halogens is 1. The third-order valence-electron chi connectivity index (χ3n) is 9.85. The van der Waals surface area contributed by atoms with Gasteiger partial charge in [0.25, 0.3) is 0 Å². The molecule has 2 aliphatic rings. The second-order valence-electron chi connectivity index (χ2n) is 11.8. The molecule has 1 spiro atoms. The molecule has 8 aromatic rings. The summed E-state index contributed by atoms with van der Waals surface area (Å²) < 4.78 is 3.58. The van der Waals surface area contributed by atoms with E-state index >= 15 is 0 Å². The fourth-order valence-electron chi connectivity index (χ4n) is 8.26. The zero-order valence-electron chi connectivity index (χ0n) is 23.2. The molecule has 0 saturated heterocycles. The van der Waals surface area contributed by atoms with Crippen molar-refractivity contribution in [1.29, 1.82) is 0 Å². The van der Waals surface area contributed by atoms with Gasteiger partial charge in [-0.3, -0.25) is 0 Å². The molecular formula is C41H24BrN. The highest BCUT2D eigenvalue weighted by Gasteiger charge is 2.52. The number of nitrogens with zero attached hydrogens (tertiary/aromatic N) is 1. The lowest BCUT2D eigenvalue weighted by Crippen LogP contribution is -2.25. The second-order valence-corrected chi connectivity index (χ2v) is 12.6. The maximum atomic E-state index is 4.01. The fourth-order valence-corrected chi connectivity index (χ4v) is 8.84. The Bertz CT molecular complexity index is 2420. The molecule has 0 aliphatic heterocycles. The van der Waals surface area contributed by atoms with Crippen molar-refractivity contribution in [2.75, 3.05) is 0 Å². The Morgan fingerprint density at radius 3 is 1.77 bits per heavy atom. The Kier molecular flexibility index (Phi) is 4.58. The van der Waals surface area contributed by atoms with Crippen molar-refractivity contribution in [2.45, 2.75) is 5.41 Å². The molecule has 0 amide bonds. The highest BCUT2D eigenvalue weighted by atomic mass is 79.9. The zero-order chi connectivity index (χ0) is 28.3. The summed E-state index contributed by atoms with van der Waals surface area (Å²) in [5.41, 5.74) is 14.0. The van der Waals surface area contributed by atoms with Crippen LogP contribution in [0.3, 0.4) is 0 Å². The van der Waals surface area contributed by atoms with Crippen molar-refractivity contribution < 1.29 is 0 Å². The molecule has 0 saturated carbocycles. The van der Waals surface area contributed by atoms with Crippen LogP contribution in [-0.4, -0.2) is 4.57 Å². The van der Waals surface area contributed by atoms with Crippen molar-refractivity contribution in [3.05, 3.63) is 172 Å². The van der Waals surface area contributed by atoms with Crippen LogP contribution in [-0.2, 0) is 5.41 Å². The van der Waals surface area contributed by atoms with E-state index < -0.39 is 5.41 Å². The number of hydrogen-bond donors (Lipinski definition) is 0. The normalized spacial score (nSPS) is 13.9. The summed E-state index contributed by atoms with van der Waals surface area (Å²) in [6.45, 7) is 0. The summed E-state index contributed by atoms with van der Waals surface area (Å²) in [5, 5.41) is 5.09. The van der Waals surface area contributed by atoms with E-state index in [9.17, 15) is 0 Å². The summed E-state index contributed by atoms with van der Waals surface area (Å²) in [7, 11) is 0. The van der Waals surface area contributed by atoms with E-state index in [2.05, 4.69) is 166 Å². The highest BCUT2D eigenvalue weighted by molar-refractivity contribution is 9.10. The molecule has 1 aromatic heterocycles. The average Bonchev–Trinajstić information content (AvgIpc) is 3.65. The van der Waals surface area contributed by atoms with E-state index in [-0.39, 0.29) is 0 Å². The van der Waals surface area contributed by atoms with Crippen molar-refractivity contribution >= 4 is 48.5 Å². The predicted molar refractivity (Wildman–Crippen MR) is 182 cm³/mol. The minimum atomic E-state index is -0.408. The molecule has 10 rings (SSSR count). The summed E-state index contributed by atoms with van der Waals surface area (Å²) >= 11 is 4.01. The number of para-hydroxylation sites is 2. The van der Waals surface area contributed by atoms with Crippen LogP contribution in [0, 0.1) is 0 Å². The Hall–Kier alpha value is -4.92. The monoisotopic (exact) mass is 609 g/mol. The van der Waals surface area contributed by atoms with Gasteiger partial charge in [-0.25, -0.2) is 0 Å². The summed E-state index contributed by atoms with van der Waals surface area (Å²) in [5.74, 6) is 0. The Balaban J connectivity index is 1.46. The van der Waals surface area contributed by atoms with Gasteiger partial charge >= 0.3 is 0 Å². The van der Waals surface area contributed by atoms with Gasteiger partial charge in [0.1, 0.15) is 0 Å². The van der Waals surface area contributed by atoms with Crippen LogP contribution in [0.2, 0.25) is 0 Å². The van der Waals surface area contributed by atoms with Gasteiger partial charge in [-0.05, 0) is 91.7 Å². The first kappa shape index (κ1) is 23.6. The quantitative estimate of drug-likeness (QED) is 0.174. The van der Waals surface area contributed by atoms with Gasteiger partial charge in [0.2, 0.25) is 0 Å². The van der Waals surface area contributed by atoms with Crippen LogP contribution in [0.15, 0.2) is 150 Å². The smallest absolute Gasteiger partial charge is 0.0726 e. The lowest BCUT2D eigenvalue weighted by atomic mass is 9.70. The summed E-state index contributed by atoms with van der Waals surface area (Å²) in [6, 6.07) is 54.0. The molecule has 7 aromatic carbocycles. The molecule has 0 atom stereocenters. The Morgan fingerprint density at radius 1 is 0.419 bits per heavy atom. The predicted octanol–water partition coefficient (Wildman–Crippen LogP) is 11.0. The molecular weight excluding hydrogens is 586 g/mol. The maximum Gasteiger partial charge on any atom is 0.0726 e. The van der Waals surface area contributed by atoms with Crippen molar-refractivity contribution in [3.63, 3.8) is 0 Å². The molecule has 0 radical (unpaired) electrons. The van der Waals surface area contributed by atoms with Crippen LogP contribution in [0.4, 0.5) is 0 Å². The maximum absolute atomic E-state index is 4.01. The number of hydrogen-bond acceptors (Lipinski definition) is 0. The Morgan fingerprint density at radius 2 is 1.02 bits per heavy atom. The lowest BCUT2D eigenvalue weighted by molar-refractivity contribution is 0.795. The van der Waals surface area contributed by atoms with Crippen LogP contribution in [0.5, 0.6) is 0 Å². The van der Waals surface area contributed by atoms with Gasteiger partial charge in [0.05, 0.1) is 16.4 Å². The van der Waals surface area contributed by atoms with Gasteiger partial charge in [0, 0.05) is 20.9 Å². The minimum absolute atomic E-state index is 0.408. The lowest BCUT2D eigenvalue weighted by Gasteiger charge is -2.31. The van der Waals surface area contributed by atoms with E-state index in [0.717, 1.165) is 4.47 Å². The number of fused-ring (bicyclic) bond motifs is 15. The molecule has 0 N–H and O–H groups in total. The molecule has 0 unspecified atom stereocenters. The fraction of sp³-hybridized carbons (Fsp3) is 0.0244. The topological polar surface area (TPSA) is 4.93 Å². The van der Waals surface area contributed by atoms with Gasteiger partial charge in [0.15, 0.2) is 0 Å². The van der Waals surface area contributed by atoms with Gasteiger partial charge in [-0.1, -0.05) is 125 Å². The van der Waals surface area contributed by atoms with E-state index in [4.69, 9.17) is 0 Å². The van der Waals surface area contributed by atoms with Crippen LogP contribution >= 0.6 is 15.9 Å². The first-order valence-corrected chi connectivity index (χ1v) is 15.6. The molecule has 0 bridgehead atoms. The highest BCUT2D eigenvalue weighted by Crippen LogP contribution is 2.64. The standard InChI is InChI=1S/C41H24BrN/c42-37-24-36-40(30-18-5-4-16-28(30)37)32-23-39-31(29-17-8-11-21-38(29)43(39)25-12-2-1-3-13-25)22-35(32)41(36)33-19-9-6-14-26(33)27-15-7-10-20-34(27)41/h1-24H. The van der Waals surface area contributed by atoms with Gasteiger partial charge < -0.3 is 4.57 Å². The zero-order valence-corrected chi connectivity index (χ0v) is 24.8. The number of aromatic nitrogens is 1. The van der Waals surface area contributed by atoms with E-state index in [0.29, 0.717) is 0 Å². The molecule has 1 nitrogen and oxygen atoms in total. The third kappa shape index (κ3) is 2.83. The van der Waals surface area contributed by atoms with Crippen molar-refractivity contribution in [2.24, 2.45) is 0 Å². The molecule has 1 heterocycles. The minimum Gasteiger partial charge on any atom is -0.309 e. The van der Waals surface area contributed by atoms with Gasteiger partial charge in [-0.2, -0.15) is 0 Å². The molecule has 2 heteroatoms. The summed E-state index contributed by atoms with van der Waals surface area (Å²) in [6.07, 6.45) is 0. The van der Waals surface area contributed by atoms with Crippen LogP contribution in [0.25, 0.3) is 60.5 Å². The molecule has 0 fully saturated rings. The van der Waals surface area contributed by atoms with E-state index in [1.807, 2.05) is 0 Å². The van der Waals surface area contributed by atoms with Gasteiger partial charge in [-0.15, -0.1) is 0 Å². The SMILES string of the molecule is Brc1cc2c(c3ccccc13)-c1cc3c(cc1C21c2ccccc2-c2ccccc21)c1ccccc1n3-c1ccccc1. The van der Waals surface area contributed by atoms with E-state index in [1.165, 1.54) is 82.8 Å². The Labute approximate surface area is 257 Å². The van der Waals surface area contributed by atoms with Crippen LogP contribution in [0.1, 0.15) is 22.3 Å². The van der Waals surface area contributed by atoms with Crippen molar-refractivity contribution in [3.8, 4) is 27.9 Å². The van der Waals surface area contributed by atoms with Crippen molar-refractivity contribution in [1.82, 2.24) is 4.57 Å². The molecule has 2 aliphatic carbocycles. The number of rotatable bonds is 1. The largest absolute Gasteiger partial charge is 0.309 e. The first-order valence-electron chi connectivity index (χ1n) is 14.8.